The molecule has 1 unspecified atom stereocenters. The molecule has 36 heavy (non-hydrogen) atoms. The average molecular weight is 571 g/mol. The van der Waals surface area contributed by atoms with Crippen LogP contribution in [0.15, 0.2) is 48.0 Å². The van der Waals surface area contributed by atoms with Gasteiger partial charge in [-0.15, -0.1) is 0 Å². The van der Waals surface area contributed by atoms with Crippen LogP contribution in [0.3, 0.4) is 0 Å². The number of hydrogen-bond donors (Lipinski definition) is 3. The van der Waals surface area contributed by atoms with Gasteiger partial charge in [0.15, 0.2) is 0 Å². The molecule has 194 valence electrons. The third kappa shape index (κ3) is 7.53. The van der Waals surface area contributed by atoms with Gasteiger partial charge in [-0.3, -0.25) is 4.79 Å². The zero-order valence-electron chi connectivity index (χ0n) is 20.0. The molecule has 2 aromatic carbocycles. The Kier molecular flexibility index (Phi) is 9.95. The molecule has 0 radical (unpaired) electrons. The first-order valence-corrected chi connectivity index (χ1v) is 15.6. The second kappa shape index (κ2) is 12.5. The van der Waals surface area contributed by atoms with Gasteiger partial charge in [-0.25, -0.2) is 9.10 Å². The van der Waals surface area contributed by atoms with Crippen molar-refractivity contribution >= 4 is 59.5 Å². The summed E-state index contributed by atoms with van der Waals surface area (Å²) in [5, 5.41) is 22.7. The predicted octanol–water partition coefficient (Wildman–Crippen LogP) is 5.04. The molecule has 3 rings (SSSR count). The van der Waals surface area contributed by atoms with E-state index < -0.39 is 25.1 Å². The zero-order chi connectivity index (χ0) is 26.5. The molecule has 0 aliphatic carbocycles. The molecule has 7 nitrogen and oxygen atoms in total. The number of aromatic hydroxyl groups is 1. The molecule has 0 saturated carbocycles. The fourth-order valence-electron chi connectivity index (χ4n) is 4.02. The molecule has 0 saturated heterocycles. The number of nitrogens with one attached hydrogen (secondary N) is 1. The average Bonchev–Trinajstić information content (AvgIpc) is 2.82. The minimum atomic E-state index is -2.75. The molecule has 0 bridgehead atoms. The number of hydrogen-bond acceptors (Lipinski definition) is 6. The van der Waals surface area contributed by atoms with Gasteiger partial charge in [0.2, 0.25) is 0 Å². The van der Waals surface area contributed by atoms with Crippen molar-refractivity contribution in [3.05, 3.63) is 69.2 Å². The Bertz CT molecular complexity index is 1200. The minimum absolute atomic E-state index is 0.00404. The van der Waals surface area contributed by atoms with E-state index in [0.29, 0.717) is 30.0 Å². The lowest BCUT2D eigenvalue weighted by molar-refractivity contribution is -0.139. The highest BCUT2D eigenvalue weighted by Gasteiger charge is 2.26. The van der Waals surface area contributed by atoms with Crippen molar-refractivity contribution in [3.63, 3.8) is 0 Å². The SMILES string of the molecule is CSN1CCC=C(C[C@H](NC(=O)c2c(Cl)cc(CCP(C)(=O)c3cccc(O)c3)cc2Cl)C(=O)O)C1. The minimum Gasteiger partial charge on any atom is -0.508 e. The lowest BCUT2D eigenvalue weighted by atomic mass is 10.0. The Balaban J connectivity index is 1.70. The van der Waals surface area contributed by atoms with Crippen LogP contribution in [0, 0.1) is 0 Å². The zero-order valence-corrected chi connectivity index (χ0v) is 23.3. The maximum Gasteiger partial charge on any atom is 0.326 e. The maximum absolute atomic E-state index is 13.2. The molecule has 2 atom stereocenters. The number of carboxylic acids is 1. The molecule has 11 heteroatoms. The van der Waals surface area contributed by atoms with E-state index in [0.717, 1.165) is 18.5 Å². The number of nitrogens with zero attached hydrogens (tertiary/aromatic N) is 1. The molecular weight excluding hydrogens is 542 g/mol. The van der Waals surface area contributed by atoms with Gasteiger partial charge in [-0.1, -0.05) is 58.9 Å². The summed E-state index contributed by atoms with van der Waals surface area (Å²) in [6.45, 7) is 3.19. The highest BCUT2D eigenvalue weighted by atomic mass is 35.5. The Morgan fingerprint density at radius 2 is 1.92 bits per heavy atom. The number of aliphatic carboxylic acids is 1. The molecule has 0 fully saturated rings. The van der Waals surface area contributed by atoms with Gasteiger partial charge in [-0.2, -0.15) is 0 Å². The van der Waals surface area contributed by atoms with Crippen LogP contribution in [-0.2, 0) is 15.8 Å². The summed E-state index contributed by atoms with van der Waals surface area (Å²) in [5.74, 6) is -1.75. The van der Waals surface area contributed by atoms with E-state index >= 15 is 0 Å². The van der Waals surface area contributed by atoms with Gasteiger partial charge in [-0.05, 0) is 55.6 Å². The van der Waals surface area contributed by atoms with E-state index in [9.17, 15) is 24.4 Å². The topological polar surface area (TPSA) is 107 Å². The number of phenolic OH excluding ortho intramolecular Hbond substituents is 1. The van der Waals surface area contributed by atoms with Crippen LogP contribution in [0.5, 0.6) is 5.75 Å². The van der Waals surface area contributed by atoms with Crippen molar-refractivity contribution in [3.8, 4) is 5.75 Å². The van der Waals surface area contributed by atoms with Gasteiger partial charge in [0.1, 0.15) is 18.9 Å². The van der Waals surface area contributed by atoms with Crippen LogP contribution in [0.4, 0.5) is 0 Å². The molecule has 0 aromatic heterocycles. The van der Waals surface area contributed by atoms with Gasteiger partial charge >= 0.3 is 5.97 Å². The van der Waals surface area contributed by atoms with Crippen LogP contribution in [0.1, 0.15) is 28.8 Å². The number of halogens is 2. The first kappa shape index (κ1) is 28.6. The highest BCUT2D eigenvalue weighted by molar-refractivity contribution is 7.96. The van der Waals surface area contributed by atoms with Gasteiger partial charge in [0, 0.05) is 31.0 Å². The second-order valence-corrected chi connectivity index (χ2v) is 13.7. The van der Waals surface area contributed by atoms with E-state index in [4.69, 9.17) is 23.2 Å². The number of carbonyl (C=O) groups is 2. The van der Waals surface area contributed by atoms with Crippen LogP contribution in [0.2, 0.25) is 10.0 Å². The van der Waals surface area contributed by atoms with Crippen LogP contribution < -0.4 is 10.6 Å². The van der Waals surface area contributed by atoms with E-state index in [1.54, 1.807) is 42.9 Å². The second-order valence-electron chi connectivity index (χ2n) is 8.79. The van der Waals surface area contributed by atoms with Gasteiger partial charge in [0.05, 0.1) is 15.6 Å². The highest BCUT2D eigenvalue weighted by Crippen LogP contribution is 2.41. The lowest BCUT2D eigenvalue weighted by Gasteiger charge is -2.26. The first-order chi connectivity index (χ1) is 17.0. The summed E-state index contributed by atoms with van der Waals surface area (Å²) in [5.41, 5.74) is 1.65. The van der Waals surface area contributed by atoms with Crippen LogP contribution in [0.25, 0.3) is 0 Å². The molecule has 1 heterocycles. The Morgan fingerprint density at radius 1 is 1.22 bits per heavy atom. The number of aryl methyl sites for hydroxylation is 1. The van der Waals surface area contributed by atoms with E-state index in [-0.39, 0.29) is 27.8 Å². The van der Waals surface area contributed by atoms with Crippen molar-refractivity contribution in [1.29, 1.82) is 0 Å². The molecule has 2 aromatic rings. The summed E-state index contributed by atoms with van der Waals surface area (Å²) in [4.78, 5) is 24.8. The van der Waals surface area contributed by atoms with Gasteiger partial charge < -0.3 is 20.1 Å². The number of phenols is 1. The lowest BCUT2D eigenvalue weighted by Crippen LogP contribution is -2.42. The molecule has 3 N–H and O–H groups in total. The summed E-state index contributed by atoms with van der Waals surface area (Å²) in [7, 11) is -2.75. The third-order valence-electron chi connectivity index (χ3n) is 6.05. The van der Waals surface area contributed by atoms with Crippen molar-refractivity contribution < 1.29 is 24.4 Å². The normalized spacial score (nSPS) is 16.6. The molecule has 1 aliphatic heterocycles. The van der Waals surface area contributed by atoms with Crippen LogP contribution >= 0.6 is 42.3 Å². The summed E-state index contributed by atoms with van der Waals surface area (Å²) < 4.78 is 15.3. The van der Waals surface area contributed by atoms with E-state index in [2.05, 4.69) is 9.62 Å². The number of benzene rings is 2. The Hall–Kier alpha value is -1.96. The Labute approximate surface area is 225 Å². The molecular formula is C25H29Cl2N2O5PS. The summed E-state index contributed by atoms with van der Waals surface area (Å²) in [6.07, 6.45) is 5.71. The van der Waals surface area contributed by atoms with Crippen molar-refractivity contribution in [2.45, 2.75) is 25.3 Å². The number of carboxylic acid groups (broad SMARTS) is 1. The predicted molar refractivity (Wildman–Crippen MR) is 148 cm³/mol. The summed E-state index contributed by atoms with van der Waals surface area (Å²) in [6, 6.07) is 8.43. The molecule has 1 amide bonds. The first-order valence-electron chi connectivity index (χ1n) is 11.3. The third-order valence-corrected chi connectivity index (χ3v) is 9.92. The van der Waals surface area contributed by atoms with Gasteiger partial charge in [0.25, 0.3) is 5.91 Å². The maximum atomic E-state index is 13.2. The fourth-order valence-corrected chi connectivity index (χ4v) is 7.06. The monoisotopic (exact) mass is 570 g/mol. The molecule has 0 spiro atoms. The number of rotatable bonds is 10. The van der Waals surface area contributed by atoms with Crippen molar-refractivity contribution in [2.24, 2.45) is 0 Å². The summed E-state index contributed by atoms with van der Waals surface area (Å²) >= 11 is 14.4. The number of carbonyl (C=O) groups excluding carboxylic acids is 1. The largest absolute Gasteiger partial charge is 0.508 e. The van der Waals surface area contributed by atoms with E-state index in [1.165, 1.54) is 12.1 Å². The van der Waals surface area contributed by atoms with Crippen molar-refractivity contribution in [1.82, 2.24) is 9.62 Å². The Morgan fingerprint density at radius 3 is 2.53 bits per heavy atom. The number of amides is 1. The standard InChI is InChI=1S/C25H29Cl2N2O5PS/c1-35(34,19-7-3-6-18(30)14-19)10-8-16-11-20(26)23(21(27)12-16)24(31)28-22(25(32)33)13-17-5-4-9-29(15-17)36-2/h3,5-7,11-12,14,22,30H,4,8-10,13,15H2,1-2H3,(H,28,31)(H,32,33)/t22-,35?/m0/s1. The van der Waals surface area contributed by atoms with Crippen molar-refractivity contribution in [2.75, 3.05) is 32.2 Å². The van der Waals surface area contributed by atoms with Crippen LogP contribution in [-0.4, -0.2) is 64.6 Å². The molecule has 1 aliphatic rings. The van der Waals surface area contributed by atoms with E-state index in [1.807, 2.05) is 12.3 Å². The quantitative estimate of drug-likeness (QED) is 0.208. The smallest absolute Gasteiger partial charge is 0.326 e. The fraction of sp³-hybridized carbons (Fsp3) is 0.360.